The lowest BCUT2D eigenvalue weighted by molar-refractivity contribution is -0.145. The minimum atomic E-state index is -0.277. The van der Waals surface area contributed by atoms with Gasteiger partial charge in [0.2, 0.25) is 5.91 Å². The lowest BCUT2D eigenvalue weighted by atomic mass is 10.1. The van der Waals surface area contributed by atoms with Crippen LogP contribution in [0.2, 0.25) is 0 Å². The molecule has 1 fully saturated rings. The fourth-order valence-corrected chi connectivity index (χ4v) is 2.41. The molecule has 1 amide bonds. The maximum atomic E-state index is 12.8. The van der Waals surface area contributed by atoms with Gasteiger partial charge in [-0.25, -0.2) is 4.39 Å². The Balaban J connectivity index is 1.81. The smallest absolute Gasteiger partial charge is 0.310 e. The molecule has 2 rings (SSSR count). The van der Waals surface area contributed by atoms with Gasteiger partial charge < -0.3 is 9.64 Å². The molecule has 0 saturated carbocycles. The predicted molar refractivity (Wildman–Crippen MR) is 71.4 cm³/mol. The second kappa shape index (κ2) is 6.50. The average Bonchev–Trinajstić information content (AvgIpc) is 2.95. The van der Waals surface area contributed by atoms with Crippen molar-refractivity contribution in [2.75, 3.05) is 20.2 Å². The normalized spacial score (nSPS) is 18.1. The summed E-state index contributed by atoms with van der Waals surface area (Å²) in [5.41, 5.74) is 0.934. The number of methoxy groups -OCH3 is 1. The minimum Gasteiger partial charge on any atom is -0.469 e. The average molecular weight is 279 g/mol. The van der Waals surface area contributed by atoms with Crippen LogP contribution in [0.25, 0.3) is 0 Å². The van der Waals surface area contributed by atoms with Gasteiger partial charge in [0.15, 0.2) is 0 Å². The second-order valence-corrected chi connectivity index (χ2v) is 4.97. The van der Waals surface area contributed by atoms with Gasteiger partial charge in [-0.15, -0.1) is 0 Å². The number of aryl methyl sites for hydroxylation is 1. The van der Waals surface area contributed by atoms with Crippen molar-refractivity contribution in [3.63, 3.8) is 0 Å². The molecular weight excluding hydrogens is 261 g/mol. The van der Waals surface area contributed by atoms with Gasteiger partial charge in [0.05, 0.1) is 13.0 Å². The molecule has 1 aromatic carbocycles. The van der Waals surface area contributed by atoms with E-state index in [9.17, 15) is 14.0 Å². The van der Waals surface area contributed by atoms with Crippen LogP contribution in [-0.2, 0) is 20.7 Å². The summed E-state index contributed by atoms with van der Waals surface area (Å²) in [4.78, 5) is 25.1. The van der Waals surface area contributed by atoms with Crippen molar-refractivity contribution in [3.05, 3.63) is 35.6 Å². The molecule has 1 aromatic rings. The molecule has 1 atom stereocenters. The van der Waals surface area contributed by atoms with Crippen molar-refractivity contribution < 1.29 is 18.7 Å². The number of hydrogen-bond acceptors (Lipinski definition) is 3. The molecule has 0 aliphatic carbocycles. The van der Waals surface area contributed by atoms with Crippen LogP contribution in [0.1, 0.15) is 18.4 Å². The summed E-state index contributed by atoms with van der Waals surface area (Å²) in [7, 11) is 1.36. The number of rotatable bonds is 4. The van der Waals surface area contributed by atoms with Crippen molar-refractivity contribution in [1.29, 1.82) is 0 Å². The first kappa shape index (κ1) is 14.5. The third kappa shape index (κ3) is 3.56. The molecule has 1 aliphatic rings. The Bertz CT molecular complexity index is 486. The first-order chi connectivity index (χ1) is 9.60. The van der Waals surface area contributed by atoms with Gasteiger partial charge in [0, 0.05) is 19.5 Å². The largest absolute Gasteiger partial charge is 0.469 e. The van der Waals surface area contributed by atoms with Gasteiger partial charge in [-0.05, 0) is 30.5 Å². The number of ether oxygens (including phenoxy) is 1. The minimum absolute atomic E-state index is 0.0285. The van der Waals surface area contributed by atoms with Gasteiger partial charge in [0.1, 0.15) is 5.82 Å². The molecular formula is C15H18FNO3. The first-order valence-electron chi connectivity index (χ1n) is 6.70. The van der Waals surface area contributed by atoms with E-state index in [4.69, 9.17) is 4.74 Å². The maximum absolute atomic E-state index is 12.8. The lowest BCUT2D eigenvalue weighted by Gasteiger charge is -2.16. The first-order valence-corrected chi connectivity index (χ1v) is 6.70. The van der Waals surface area contributed by atoms with Gasteiger partial charge in [-0.2, -0.15) is 0 Å². The molecule has 1 saturated heterocycles. The summed E-state index contributed by atoms with van der Waals surface area (Å²) in [5.74, 6) is -0.699. The summed E-state index contributed by atoms with van der Waals surface area (Å²) >= 11 is 0. The number of halogens is 1. The molecule has 1 unspecified atom stereocenters. The van der Waals surface area contributed by atoms with E-state index in [1.54, 1.807) is 17.0 Å². The maximum Gasteiger partial charge on any atom is 0.310 e. The molecule has 0 N–H and O–H groups in total. The fraction of sp³-hybridized carbons (Fsp3) is 0.467. The zero-order valence-corrected chi connectivity index (χ0v) is 11.5. The molecule has 1 aliphatic heterocycles. The molecule has 4 nitrogen and oxygen atoms in total. The molecule has 20 heavy (non-hydrogen) atoms. The van der Waals surface area contributed by atoms with E-state index < -0.39 is 0 Å². The van der Waals surface area contributed by atoms with Crippen molar-refractivity contribution in [2.45, 2.75) is 19.3 Å². The Morgan fingerprint density at radius 2 is 2.05 bits per heavy atom. The van der Waals surface area contributed by atoms with Crippen LogP contribution >= 0.6 is 0 Å². The zero-order chi connectivity index (χ0) is 14.5. The van der Waals surface area contributed by atoms with E-state index in [0.717, 1.165) is 5.56 Å². The van der Waals surface area contributed by atoms with Crippen LogP contribution in [0, 0.1) is 11.7 Å². The summed E-state index contributed by atoms with van der Waals surface area (Å²) in [5, 5.41) is 0. The van der Waals surface area contributed by atoms with E-state index in [1.165, 1.54) is 19.2 Å². The third-order valence-electron chi connectivity index (χ3n) is 3.62. The molecule has 0 aromatic heterocycles. The highest BCUT2D eigenvalue weighted by molar-refractivity contribution is 5.79. The summed E-state index contributed by atoms with van der Waals surface area (Å²) < 4.78 is 17.5. The van der Waals surface area contributed by atoms with Gasteiger partial charge in [0.25, 0.3) is 0 Å². The van der Waals surface area contributed by atoms with Crippen LogP contribution in [-0.4, -0.2) is 37.0 Å². The van der Waals surface area contributed by atoms with Crippen molar-refractivity contribution in [3.8, 4) is 0 Å². The highest BCUT2D eigenvalue weighted by Crippen LogP contribution is 2.18. The Morgan fingerprint density at radius 3 is 2.70 bits per heavy atom. The summed E-state index contributed by atoms with van der Waals surface area (Å²) in [6.07, 6.45) is 1.62. The standard InChI is InChI=1S/C15H18FNO3/c1-20-15(19)12-8-9-17(10-12)14(18)7-4-11-2-5-13(16)6-3-11/h2-3,5-6,12H,4,7-10H2,1H3. The Morgan fingerprint density at radius 1 is 1.35 bits per heavy atom. The van der Waals surface area contributed by atoms with Crippen LogP contribution < -0.4 is 0 Å². The number of carbonyl (C=O) groups is 2. The van der Waals surface area contributed by atoms with Gasteiger partial charge in [-0.1, -0.05) is 12.1 Å². The molecule has 5 heteroatoms. The van der Waals surface area contributed by atoms with Crippen molar-refractivity contribution in [2.24, 2.45) is 5.92 Å². The highest BCUT2D eigenvalue weighted by atomic mass is 19.1. The highest BCUT2D eigenvalue weighted by Gasteiger charge is 2.31. The predicted octanol–water partition coefficient (Wildman–Crippen LogP) is 1.78. The van der Waals surface area contributed by atoms with E-state index >= 15 is 0 Å². The van der Waals surface area contributed by atoms with E-state index in [2.05, 4.69) is 0 Å². The Kier molecular flexibility index (Phi) is 4.71. The van der Waals surface area contributed by atoms with Gasteiger partial charge >= 0.3 is 5.97 Å². The number of likely N-dealkylation sites (tertiary alicyclic amines) is 1. The number of hydrogen-bond donors (Lipinski definition) is 0. The summed E-state index contributed by atoms with van der Waals surface area (Å²) in [6.45, 7) is 1.04. The van der Waals surface area contributed by atoms with Crippen LogP contribution in [0.4, 0.5) is 4.39 Å². The van der Waals surface area contributed by atoms with Crippen molar-refractivity contribution >= 4 is 11.9 Å². The monoisotopic (exact) mass is 279 g/mol. The SMILES string of the molecule is COC(=O)C1CCN(C(=O)CCc2ccc(F)cc2)C1. The van der Waals surface area contributed by atoms with Crippen LogP contribution in [0.3, 0.4) is 0 Å². The Hall–Kier alpha value is -1.91. The van der Waals surface area contributed by atoms with E-state index in [0.29, 0.717) is 32.4 Å². The van der Waals surface area contributed by atoms with Crippen molar-refractivity contribution in [1.82, 2.24) is 4.90 Å². The molecule has 108 valence electrons. The van der Waals surface area contributed by atoms with Crippen LogP contribution in [0.5, 0.6) is 0 Å². The number of benzene rings is 1. The summed E-state index contributed by atoms with van der Waals surface area (Å²) in [6, 6.07) is 6.15. The number of esters is 1. The van der Waals surface area contributed by atoms with Gasteiger partial charge in [-0.3, -0.25) is 9.59 Å². The van der Waals surface area contributed by atoms with Crippen LogP contribution in [0.15, 0.2) is 24.3 Å². The zero-order valence-electron chi connectivity index (χ0n) is 11.5. The fourth-order valence-electron chi connectivity index (χ4n) is 2.41. The quantitative estimate of drug-likeness (QED) is 0.789. The molecule has 0 spiro atoms. The molecule has 0 bridgehead atoms. The molecule has 0 radical (unpaired) electrons. The van der Waals surface area contributed by atoms with E-state index in [1.807, 2.05) is 0 Å². The number of carbonyl (C=O) groups excluding carboxylic acids is 2. The third-order valence-corrected chi connectivity index (χ3v) is 3.62. The lowest BCUT2D eigenvalue weighted by Crippen LogP contribution is -2.30. The number of nitrogens with zero attached hydrogens (tertiary/aromatic N) is 1. The van der Waals surface area contributed by atoms with E-state index in [-0.39, 0.29) is 23.6 Å². The topological polar surface area (TPSA) is 46.6 Å². The second-order valence-electron chi connectivity index (χ2n) is 4.97. The Labute approximate surface area is 117 Å². The molecule has 1 heterocycles. The number of amides is 1.